The Bertz CT molecular complexity index is 649. The van der Waals surface area contributed by atoms with Crippen LogP contribution in [0, 0.1) is 0 Å². The normalized spacial score (nSPS) is 10.5. The average Bonchev–Trinajstić information content (AvgIpc) is 2.87. The molecule has 21 heavy (non-hydrogen) atoms. The first kappa shape index (κ1) is 14.9. The number of rotatable bonds is 6. The summed E-state index contributed by atoms with van der Waals surface area (Å²) >= 11 is 0. The predicted molar refractivity (Wildman–Crippen MR) is 79.7 cm³/mol. The summed E-state index contributed by atoms with van der Waals surface area (Å²) in [5.41, 5.74) is 7.96. The van der Waals surface area contributed by atoms with E-state index in [1.165, 1.54) is 0 Å². The maximum Gasteiger partial charge on any atom is 0.404 e. The monoisotopic (exact) mass is 289 g/mol. The Labute approximate surface area is 122 Å². The van der Waals surface area contributed by atoms with Gasteiger partial charge in [0.2, 0.25) is 5.91 Å². The van der Waals surface area contributed by atoms with Crippen LogP contribution >= 0.6 is 0 Å². The van der Waals surface area contributed by atoms with E-state index in [1.54, 1.807) is 0 Å². The fourth-order valence-corrected chi connectivity index (χ4v) is 2.14. The molecule has 0 saturated heterocycles. The van der Waals surface area contributed by atoms with Gasteiger partial charge in [0.25, 0.3) is 0 Å². The molecular weight excluding hydrogens is 270 g/mol. The van der Waals surface area contributed by atoms with Crippen LogP contribution in [0.1, 0.15) is 24.5 Å². The number of carbonyl (C=O) groups excluding carboxylic acids is 2. The summed E-state index contributed by atoms with van der Waals surface area (Å²) in [4.78, 5) is 25.1. The molecule has 1 aromatic heterocycles. The highest BCUT2D eigenvalue weighted by atomic mass is 16.5. The number of hydrogen-bond acceptors (Lipinski definition) is 3. The highest BCUT2D eigenvalue weighted by molar-refractivity contribution is 5.84. The smallest absolute Gasteiger partial charge is 0.404 e. The van der Waals surface area contributed by atoms with Gasteiger partial charge in [-0.15, -0.1) is 0 Å². The lowest BCUT2D eigenvalue weighted by Gasteiger charge is -2.05. The average molecular weight is 289 g/mol. The number of ether oxygens (including phenoxy) is 1. The molecule has 2 amide bonds. The zero-order valence-corrected chi connectivity index (χ0v) is 11.9. The Morgan fingerprint density at radius 1 is 1.38 bits per heavy atom. The molecular formula is C15H19N3O3. The van der Waals surface area contributed by atoms with E-state index in [0.29, 0.717) is 13.0 Å². The predicted octanol–water partition coefficient (Wildman–Crippen LogP) is 1.83. The van der Waals surface area contributed by atoms with Crippen LogP contribution in [0.15, 0.2) is 24.4 Å². The molecule has 1 heterocycles. The lowest BCUT2D eigenvalue weighted by Crippen LogP contribution is -2.24. The highest BCUT2D eigenvalue weighted by Gasteiger charge is 2.06. The number of aromatic nitrogens is 1. The minimum Gasteiger partial charge on any atom is -0.445 e. The third-order valence-electron chi connectivity index (χ3n) is 3.25. The van der Waals surface area contributed by atoms with Crippen LogP contribution in [0.5, 0.6) is 0 Å². The Kier molecular flexibility index (Phi) is 4.81. The van der Waals surface area contributed by atoms with Crippen molar-refractivity contribution in [3.8, 4) is 0 Å². The first-order chi connectivity index (χ1) is 10.1. The van der Waals surface area contributed by atoms with Gasteiger partial charge in [0.15, 0.2) is 0 Å². The molecule has 0 unspecified atom stereocenters. The molecule has 2 aromatic rings. The van der Waals surface area contributed by atoms with Gasteiger partial charge in [-0.3, -0.25) is 4.79 Å². The van der Waals surface area contributed by atoms with Gasteiger partial charge in [0, 0.05) is 30.1 Å². The van der Waals surface area contributed by atoms with E-state index >= 15 is 0 Å². The quantitative estimate of drug-likeness (QED) is 0.756. The van der Waals surface area contributed by atoms with Gasteiger partial charge in [0.1, 0.15) is 6.61 Å². The van der Waals surface area contributed by atoms with Gasteiger partial charge in [-0.1, -0.05) is 13.0 Å². The Balaban J connectivity index is 2.07. The summed E-state index contributed by atoms with van der Waals surface area (Å²) in [6, 6.07) is 5.78. The zero-order chi connectivity index (χ0) is 15.2. The maximum atomic E-state index is 11.2. The fourth-order valence-electron chi connectivity index (χ4n) is 2.14. The van der Waals surface area contributed by atoms with Crippen LogP contribution in [0.3, 0.4) is 0 Å². The van der Waals surface area contributed by atoms with Gasteiger partial charge in [-0.2, -0.15) is 0 Å². The van der Waals surface area contributed by atoms with E-state index in [2.05, 4.69) is 10.3 Å². The standard InChI is InChI=1S/C15H19N3O3/c1-2-14(19)17-6-5-11-8-18-13-4-3-10(7-12(11)13)9-21-15(16)20/h3-4,7-8,18H,2,5-6,9H2,1H3,(H2,16,20)(H,17,19). The van der Waals surface area contributed by atoms with E-state index in [4.69, 9.17) is 10.5 Å². The highest BCUT2D eigenvalue weighted by Crippen LogP contribution is 2.20. The van der Waals surface area contributed by atoms with Crippen molar-refractivity contribution < 1.29 is 14.3 Å². The SMILES string of the molecule is CCC(=O)NCCc1c[nH]c2ccc(COC(N)=O)cc12. The van der Waals surface area contributed by atoms with E-state index < -0.39 is 6.09 Å². The number of fused-ring (bicyclic) bond motifs is 1. The van der Waals surface area contributed by atoms with Crippen molar-refractivity contribution in [3.63, 3.8) is 0 Å². The zero-order valence-electron chi connectivity index (χ0n) is 11.9. The van der Waals surface area contributed by atoms with Crippen LogP contribution in [0.2, 0.25) is 0 Å². The van der Waals surface area contributed by atoms with Crippen LogP contribution in [0.4, 0.5) is 4.79 Å². The minimum absolute atomic E-state index is 0.0467. The molecule has 0 saturated carbocycles. The molecule has 6 nitrogen and oxygen atoms in total. The van der Waals surface area contributed by atoms with Crippen LogP contribution in [-0.2, 0) is 22.6 Å². The van der Waals surface area contributed by atoms with Gasteiger partial charge in [-0.25, -0.2) is 4.79 Å². The summed E-state index contributed by atoms with van der Waals surface area (Å²) in [6.07, 6.45) is 2.38. The van der Waals surface area contributed by atoms with E-state index in [-0.39, 0.29) is 12.5 Å². The van der Waals surface area contributed by atoms with Crippen LogP contribution < -0.4 is 11.1 Å². The molecule has 2 rings (SSSR count). The van der Waals surface area contributed by atoms with Crippen LogP contribution in [0.25, 0.3) is 10.9 Å². The second kappa shape index (κ2) is 6.78. The Morgan fingerprint density at radius 3 is 2.90 bits per heavy atom. The second-order valence-corrected chi connectivity index (χ2v) is 4.76. The molecule has 0 spiro atoms. The van der Waals surface area contributed by atoms with Crippen molar-refractivity contribution in [1.29, 1.82) is 0 Å². The topological polar surface area (TPSA) is 97.2 Å². The fraction of sp³-hybridized carbons (Fsp3) is 0.333. The molecule has 0 atom stereocenters. The molecule has 1 aromatic carbocycles. The van der Waals surface area contributed by atoms with Crippen molar-refractivity contribution in [3.05, 3.63) is 35.5 Å². The third kappa shape index (κ3) is 3.98. The molecule has 112 valence electrons. The molecule has 4 N–H and O–H groups in total. The number of hydrogen-bond donors (Lipinski definition) is 3. The lowest BCUT2D eigenvalue weighted by molar-refractivity contribution is -0.120. The first-order valence-corrected chi connectivity index (χ1v) is 6.88. The van der Waals surface area contributed by atoms with Crippen LogP contribution in [-0.4, -0.2) is 23.5 Å². The summed E-state index contributed by atoms with van der Waals surface area (Å²) in [6.45, 7) is 2.58. The van der Waals surface area contributed by atoms with Crippen molar-refractivity contribution in [1.82, 2.24) is 10.3 Å². The molecule has 0 bridgehead atoms. The minimum atomic E-state index is -0.785. The number of amides is 2. The molecule has 0 radical (unpaired) electrons. The lowest BCUT2D eigenvalue weighted by atomic mass is 10.1. The number of H-pyrrole nitrogens is 1. The maximum absolute atomic E-state index is 11.2. The van der Waals surface area contributed by atoms with Crippen molar-refractivity contribution >= 4 is 22.9 Å². The van der Waals surface area contributed by atoms with E-state index in [9.17, 15) is 9.59 Å². The summed E-state index contributed by atoms with van der Waals surface area (Å²) in [5.74, 6) is 0.0467. The second-order valence-electron chi connectivity index (χ2n) is 4.76. The molecule has 0 aliphatic heterocycles. The molecule has 0 aliphatic rings. The number of nitrogens with two attached hydrogens (primary N) is 1. The summed E-state index contributed by atoms with van der Waals surface area (Å²) < 4.78 is 4.79. The number of benzene rings is 1. The van der Waals surface area contributed by atoms with E-state index in [1.807, 2.05) is 31.3 Å². The van der Waals surface area contributed by atoms with Gasteiger partial charge in [0.05, 0.1) is 0 Å². The van der Waals surface area contributed by atoms with Crippen molar-refractivity contribution in [2.75, 3.05) is 6.54 Å². The third-order valence-corrected chi connectivity index (χ3v) is 3.25. The van der Waals surface area contributed by atoms with Crippen molar-refractivity contribution in [2.24, 2.45) is 5.73 Å². The number of carbonyl (C=O) groups is 2. The number of primary amides is 1. The molecule has 0 aliphatic carbocycles. The van der Waals surface area contributed by atoms with Gasteiger partial charge in [-0.05, 0) is 29.7 Å². The number of nitrogens with one attached hydrogen (secondary N) is 2. The number of aromatic amines is 1. The van der Waals surface area contributed by atoms with E-state index in [0.717, 1.165) is 28.5 Å². The largest absolute Gasteiger partial charge is 0.445 e. The van der Waals surface area contributed by atoms with Gasteiger partial charge < -0.3 is 20.8 Å². The molecule has 0 fully saturated rings. The Morgan fingerprint density at radius 2 is 2.19 bits per heavy atom. The van der Waals surface area contributed by atoms with Crippen molar-refractivity contribution in [2.45, 2.75) is 26.4 Å². The summed E-state index contributed by atoms with van der Waals surface area (Å²) in [5, 5.41) is 3.91. The summed E-state index contributed by atoms with van der Waals surface area (Å²) in [7, 11) is 0. The molecule has 6 heteroatoms. The Hall–Kier alpha value is -2.50. The van der Waals surface area contributed by atoms with Gasteiger partial charge >= 0.3 is 6.09 Å². The first-order valence-electron chi connectivity index (χ1n) is 6.88.